The van der Waals surface area contributed by atoms with Gasteiger partial charge < -0.3 is 20.8 Å². The minimum absolute atomic E-state index is 0.0768. The summed E-state index contributed by atoms with van der Waals surface area (Å²) in [5.74, 6) is -0.0768. The number of ether oxygens (including phenoxy) is 1. The zero-order chi connectivity index (χ0) is 15.5. The van der Waals surface area contributed by atoms with Gasteiger partial charge in [0.15, 0.2) is 0 Å². The zero-order valence-electron chi connectivity index (χ0n) is 12.8. The molecule has 1 aliphatic carbocycles. The van der Waals surface area contributed by atoms with Crippen LogP contribution in [-0.4, -0.2) is 36.2 Å². The van der Waals surface area contributed by atoms with Gasteiger partial charge in [-0.1, -0.05) is 18.2 Å². The number of amides is 1. The molecule has 1 amide bonds. The minimum Gasteiger partial charge on any atom is -0.381 e. The van der Waals surface area contributed by atoms with Crippen LogP contribution in [0.4, 0.5) is 0 Å². The Morgan fingerprint density at radius 2 is 2.27 bits per heavy atom. The first-order valence-electron chi connectivity index (χ1n) is 7.81. The summed E-state index contributed by atoms with van der Waals surface area (Å²) in [5.41, 5.74) is 8.24. The quantitative estimate of drug-likeness (QED) is 0.786. The van der Waals surface area contributed by atoms with E-state index in [1.165, 1.54) is 0 Å². The molecule has 0 saturated heterocycles. The summed E-state index contributed by atoms with van der Waals surface area (Å²) in [4.78, 5) is 15.5. The van der Waals surface area contributed by atoms with Gasteiger partial charge in [0.2, 0.25) is 5.91 Å². The van der Waals surface area contributed by atoms with Crippen molar-refractivity contribution in [2.45, 2.75) is 43.9 Å². The maximum absolute atomic E-state index is 12.3. The van der Waals surface area contributed by atoms with E-state index in [1.54, 1.807) is 7.11 Å². The number of fused-ring (bicyclic) bond motifs is 1. The van der Waals surface area contributed by atoms with Crippen LogP contribution >= 0.6 is 0 Å². The average Bonchev–Trinajstić information content (AvgIpc) is 3.14. The second-order valence-electron chi connectivity index (χ2n) is 6.05. The van der Waals surface area contributed by atoms with E-state index < -0.39 is 6.04 Å². The number of nitrogens with one attached hydrogen (secondary N) is 2. The third-order valence-electron chi connectivity index (χ3n) is 4.52. The molecule has 1 heterocycles. The first-order valence-corrected chi connectivity index (χ1v) is 7.81. The number of aromatic amines is 1. The number of hydrogen-bond acceptors (Lipinski definition) is 3. The van der Waals surface area contributed by atoms with Gasteiger partial charge in [0, 0.05) is 30.3 Å². The highest BCUT2D eigenvalue weighted by atomic mass is 16.5. The fourth-order valence-electron chi connectivity index (χ4n) is 3.22. The molecule has 1 fully saturated rings. The number of aromatic nitrogens is 1. The Morgan fingerprint density at radius 3 is 3.05 bits per heavy atom. The molecular weight excluding hydrogens is 278 g/mol. The molecule has 1 saturated carbocycles. The number of carbonyl (C=O) groups is 1. The van der Waals surface area contributed by atoms with Crippen molar-refractivity contribution in [3.8, 4) is 0 Å². The van der Waals surface area contributed by atoms with Gasteiger partial charge in [-0.15, -0.1) is 0 Å². The summed E-state index contributed by atoms with van der Waals surface area (Å²) in [5, 5.41) is 4.18. The summed E-state index contributed by atoms with van der Waals surface area (Å²) in [6.45, 7) is 0. The number of H-pyrrole nitrogens is 1. The Bertz CT molecular complexity index is 652. The van der Waals surface area contributed by atoms with Crippen LogP contribution in [0.5, 0.6) is 0 Å². The van der Waals surface area contributed by atoms with E-state index in [4.69, 9.17) is 10.5 Å². The molecule has 2 aromatic rings. The molecular formula is C17H23N3O2. The lowest BCUT2D eigenvalue weighted by Crippen LogP contribution is -2.45. The maximum atomic E-state index is 12.3. The van der Waals surface area contributed by atoms with Crippen molar-refractivity contribution in [3.05, 3.63) is 36.0 Å². The molecule has 0 aliphatic heterocycles. The Kier molecular flexibility index (Phi) is 4.45. The Hall–Kier alpha value is -1.85. The number of methoxy groups -OCH3 is 1. The highest BCUT2D eigenvalue weighted by molar-refractivity contribution is 5.86. The van der Waals surface area contributed by atoms with Crippen LogP contribution in [0.1, 0.15) is 24.8 Å². The zero-order valence-corrected chi connectivity index (χ0v) is 12.8. The molecule has 1 aromatic carbocycles. The van der Waals surface area contributed by atoms with Gasteiger partial charge in [0.1, 0.15) is 0 Å². The average molecular weight is 301 g/mol. The number of carbonyl (C=O) groups excluding carboxylic acids is 1. The molecule has 0 radical (unpaired) electrons. The monoisotopic (exact) mass is 301 g/mol. The van der Waals surface area contributed by atoms with E-state index in [0.29, 0.717) is 6.42 Å². The van der Waals surface area contributed by atoms with Gasteiger partial charge in [0.25, 0.3) is 0 Å². The molecule has 2 unspecified atom stereocenters. The third kappa shape index (κ3) is 3.15. The predicted molar refractivity (Wildman–Crippen MR) is 86.6 cm³/mol. The second-order valence-corrected chi connectivity index (χ2v) is 6.05. The molecule has 22 heavy (non-hydrogen) atoms. The summed E-state index contributed by atoms with van der Waals surface area (Å²) in [7, 11) is 1.72. The van der Waals surface area contributed by atoms with Crippen LogP contribution in [0.25, 0.3) is 10.9 Å². The molecule has 3 rings (SSSR count). The van der Waals surface area contributed by atoms with Gasteiger partial charge >= 0.3 is 0 Å². The number of rotatable bonds is 5. The Balaban J connectivity index is 1.59. The van der Waals surface area contributed by atoms with Crippen molar-refractivity contribution < 1.29 is 9.53 Å². The molecule has 118 valence electrons. The fourth-order valence-corrected chi connectivity index (χ4v) is 3.22. The smallest absolute Gasteiger partial charge is 0.237 e. The topological polar surface area (TPSA) is 80.1 Å². The SMILES string of the molecule is COC1CCC(NC(=O)[C@@H](N)Cc2c[nH]c3ccccc23)C1. The first kappa shape index (κ1) is 15.1. The number of hydrogen-bond donors (Lipinski definition) is 3. The van der Waals surface area contributed by atoms with Gasteiger partial charge in [-0.3, -0.25) is 4.79 Å². The minimum atomic E-state index is -0.527. The molecule has 3 atom stereocenters. The maximum Gasteiger partial charge on any atom is 0.237 e. The van der Waals surface area contributed by atoms with Crippen molar-refractivity contribution in [1.82, 2.24) is 10.3 Å². The lowest BCUT2D eigenvalue weighted by Gasteiger charge is -2.17. The van der Waals surface area contributed by atoms with Gasteiger partial charge in [-0.25, -0.2) is 0 Å². The highest BCUT2D eigenvalue weighted by Crippen LogP contribution is 2.22. The van der Waals surface area contributed by atoms with Crippen LogP contribution in [-0.2, 0) is 16.0 Å². The van der Waals surface area contributed by atoms with E-state index in [-0.39, 0.29) is 18.1 Å². The van der Waals surface area contributed by atoms with Crippen LogP contribution in [0, 0.1) is 0 Å². The van der Waals surface area contributed by atoms with E-state index in [1.807, 2.05) is 30.5 Å². The molecule has 1 aromatic heterocycles. The van der Waals surface area contributed by atoms with Crippen molar-refractivity contribution >= 4 is 16.8 Å². The summed E-state index contributed by atoms with van der Waals surface area (Å²) >= 11 is 0. The van der Waals surface area contributed by atoms with Gasteiger partial charge in [0.05, 0.1) is 12.1 Å². The van der Waals surface area contributed by atoms with Crippen molar-refractivity contribution in [2.75, 3.05) is 7.11 Å². The number of para-hydroxylation sites is 1. The summed E-state index contributed by atoms with van der Waals surface area (Å²) in [6, 6.07) is 7.71. The molecule has 0 bridgehead atoms. The Morgan fingerprint density at radius 1 is 1.45 bits per heavy atom. The molecule has 5 nitrogen and oxygen atoms in total. The van der Waals surface area contributed by atoms with E-state index >= 15 is 0 Å². The van der Waals surface area contributed by atoms with Gasteiger partial charge in [-0.2, -0.15) is 0 Å². The molecule has 4 N–H and O–H groups in total. The lowest BCUT2D eigenvalue weighted by molar-refractivity contribution is -0.123. The summed E-state index contributed by atoms with van der Waals surface area (Å²) in [6.07, 6.45) is 5.57. The van der Waals surface area contributed by atoms with Crippen LogP contribution in [0.2, 0.25) is 0 Å². The summed E-state index contributed by atoms with van der Waals surface area (Å²) < 4.78 is 5.33. The number of benzene rings is 1. The van der Waals surface area contributed by atoms with E-state index in [0.717, 1.165) is 35.7 Å². The van der Waals surface area contributed by atoms with Crippen LogP contribution in [0.15, 0.2) is 30.5 Å². The largest absolute Gasteiger partial charge is 0.381 e. The van der Waals surface area contributed by atoms with Crippen molar-refractivity contribution in [2.24, 2.45) is 5.73 Å². The van der Waals surface area contributed by atoms with Crippen molar-refractivity contribution in [3.63, 3.8) is 0 Å². The second kappa shape index (κ2) is 6.50. The fraction of sp³-hybridized carbons (Fsp3) is 0.471. The number of nitrogens with two attached hydrogens (primary N) is 1. The Labute approximate surface area is 130 Å². The van der Waals surface area contributed by atoms with E-state index in [9.17, 15) is 4.79 Å². The molecule has 5 heteroatoms. The van der Waals surface area contributed by atoms with Crippen LogP contribution in [0.3, 0.4) is 0 Å². The molecule has 1 aliphatic rings. The van der Waals surface area contributed by atoms with Gasteiger partial charge in [-0.05, 0) is 37.3 Å². The predicted octanol–water partition coefficient (Wildman–Crippen LogP) is 1.72. The standard InChI is InChI=1S/C17H23N3O2/c1-22-13-7-6-12(9-13)20-17(21)15(18)8-11-10-19-16-5-3-2-4-14(11)16/h2-5,10,12-13,15,19H,6-9,18H2,1H3,(H,20,21)/t12?,13?,15-/m0/s1. The third-order valence-corrected chi connectivity index (χ3v) is 4.52. The normalized spacial score (nSPS) is 22.8. The van der Waals surface area contributed by atoms with Crippen LogP contribution < -0.4 is 11.1 Å². The molecule has 0 spiro atoms. The lowest BCUT2D eigenvalue weighted by atomic mass is 10.0. The van der Waals surface area contributed by atoms with E-state index in [2.05, 4.69) is 10.3 Å². The first-order chi connectivity index (χ1) is 10.7. The van der Waals surface area contributed by atoms with Crippen molar-refractivity contribution in [1.29, 1.82) is 0 Å². The highest BCUT2D eigenvalue weighted by Gasteiger charge is 2.27.